The zero-order valence-corrected chi connectivity index (χ0v) is 47.3. The van der Waals surface area contributed by atoms with Crippen molar-refractivity contribution in [2.24, 2.45) is 0 Å². The summed E-state index contributed by atoms with van der Waals surface area (Å²) in [6, 6.07) is -0.548. The van der Waals surface area contributed by atoms with E-state index in [-0.39, 0.29) is 18.5 Å². The largest absolute Gasteiger partial charge is 0.466 e. The molecular formula is C64H123NO5. The lowest BCUT2D eigenvalue weighted by Gasteiger charge is -2.22. The molecule has 2 unspecified atom stereocenters. The minimum atomic E-state index is -0.670. The molecule has 0 heterocycles. The highest BCUT2D eigenvalue weighted by Gasteiger charge is 2.20. The minimum absolute atomic E-state index is 0.000587. The van der Waals surface area contributed by atoms with Gasteiger partial charge in [0.15, 0.2) is 0 Å². The summed E-state index contributed by atoms with van der Waals surface area (Å²) in [5, 5.41) is 23.3. The van der Waals surface area contributed by atoms with Crippen LogP contribution in [-0.4, -0.2) is 47.4 Å². The van der Waals surface area contributed by atoms with Gasteiger partial charge in [0.2, 0.25) is 5.91 Å². The number of ether oxygens (including phenoxy) is 1. The topological polar surface area (TPSA) is 95.9 Å². The highest BCUT2D eigenvalue weighted by atomic mass is 16.5. The first-order valence-corrected chi connectivity index (χ1v) is 31.6. The van der Waals surface area contributed by atoms with Gasteiger partial charge in [-0.15, -0.1) is 0 Å². The molecule has 0 aliphatic rings. The molecule has 0 aromatic rings. The van der Waals surface area contributed by atoms with Gasteiger partial charge in [-0.3, -0.25) is 9.59 Å². The summed E-state index contributed by atoms with van der Waals surface area (Å²) < 4.78 is 5.48. The molecule has 6 heteroatoms. The van der Waals surface area contributed by atoms with Crippen LogP contribution in [0.15, 0.2) is 24.3 Å². The third-order valence-corrected chi connectivity index (χ3v) is 14.7. The number of esters is 1. The predicted octanol–water partition coefficient (Wildman–Crippen LogP) is 19.8. The van der Waals surface area contributed by atoms with Crippen molar-refractivity contribution in [3.8, 4) is 0 Å². The van der Waals surface area contributed by atoms with Crippen LogP contribution in [0, 0.1) is 0 Å². The predicted molar refractivity (Wildman–Crippen MR) is 306 cm³/mol. The van der Waals surface area contributed by atoms with E-state index in [9.17, 15) is 19.8 Å². The molecule has 0 rings (SSSR count). The van der Waals surface area contributed by atoms with E-state index in [0.29, 0.717) is 25.9 Å². The maximum absolute atomic E-state index is 12.5. The van der Waals surface area contributed by atoms with Crippen molar-refractivity contribution in [1.29, 1.82) is 0 Å². The lowest BCUT2D eigenvalue weighted by Crippen LogP contribution is -2.45. The van der Waals surface area contributed by atoms with Crippen LogP contribution in [0.2, 0.25) is 0 Å². The van der Waals surface area contributed by atoms with Crippen molar-refractivity contribution < 1.29 is 24.5 Å². The van der Waals surface area contributed by atoms with E-state index in [1.54, 1.807) is 0 Å². The van der Waals surface area contributed by atoms with Crippen LogP contribution in [0.4, 0.5) is 0 Å². The van der Waals surface area contributed by atoms with Crippen LogP contribution >= 0.6 is 0 Å². The maximum Gasteiger partial charge on any atom is 0.305 e. The summed E-state index contributed by atoms with van der Waals surface area (Å²) in [5.41, 5.74) is 0. The number of rotatable bonds is 59. The number of nitrogens with one attached hydrogen (secondary N) is 1. The van der Waals surface area contributed by atoms with E-state index in [4.69, 9.17) is 4.74 Å². The quantitative estimate of drug-likeness (QED) is 0.0321. The van der Waals surface area contributed by atoms with Crippen LogP contribution in [0.25, 0.3) is 0 Å². The molecule has 0 aliphatic heterocycles. The third kappa shape index (κ3) is 55.7. The lowest BCUT2D eigenvalue weighted by molar-refractivity contribution is -0.143. The summed E-state index contributed by atoms with van der Waals surface area (Å²) in [7, 11) is 0. The van der Waals surface area contributed by atoms with E-state index in [1.807, 2.05) is 0 Å². The smallest absolute Gasteiger partial charge is 0.305 e. The molecule has 0 aromatic heterocycles. The Morgan fingerprint density at radius 3 is 1.01 bits per heavy atom. The number of carbonyl (C=O) groups excluding carboxylic acids is 2. The summed E-state index contributed by atoms with van der Waals surface area (Å²) in [6.45, 7) is 4.96. The number of aliphatic hydroxyl groups is 2. The van der Waals surface area contributed by atoms with E-state index in [2.05, 4.69) is 43.5 Å². The molecule has 0 fully saturated rings. The zero-order chi connectivity index (χ0) is 50.7. The number of amides is 1. The van der Waals surface area contributed by atoms with Crippen molar-refractivity contribution in [1.82, 2.24) is 5.32 Å². The van der Waals surface area contributed by atoms with Crippen molar-refractivity contribution in [3.63, 3.8) is 0 Å². The number of unbranched alkanes of at least 4 members (excludes halogenated alkanes) is 44. The molecule has 0 radical (unpaired) electrons. The molecule has 70 heavy (non-hydrogen) atoms. The Hall–Kier alpha value is -1.66. The fourth-order valence-corrected chi connectivity index (χ4v) is 9.87. The summed E-state index contributed by atoms with van der Waals surface area (Å²) >= 11 is 0. The molecule has 0 spiro atoms. The first kappa shape index (κ1) is 68.3. The SMILES string of the molecule is CCCCCCCCC/C=C\CCCCCCCC(=O)OCCCCCCCCCCC/C=C\CCCCCCCCCC(=O)NC(CO)C(O)CCCCCCCCCCCCCCCCCCC. The van der Waals surface area contributed by atoms with Crippen molar-refractivity contribution >= 4 is 11.9 Å². The van der Waals surface area contributed by atoms with E-state index < -0.39 is 12.1 Å². The Labute approximate surface area is 437 Å². The van der Waals surface area contributed by atoms with Crippen LogP contribution < -0.4 is 5.32 Å². The van der Waals surface area contributed by atoms with Crippen molar-refractivity contribution in [2.45, 2.75) is 360 Å². The van der Waals surface area contributed by atoms with Crippen LogP contribution in [0.3, 0.4) is 0 Å². The van der Waals surface area contributed by atoms with Gasteiger partial charge in [-0.2, -0.15) is 0 Å². The first-order chi connectivity index (χ1) is 34.5. The second-order valence-corrected chi connectivity index (χ2v) is 21.7. The molecule has 0 saturated heterocycles. The average Bonchev–Trinajstić information content (AvgIpc) is 3.36. The fourth-order valence-electron chi connectivity index (χ4n) is 9.87. The Kier molecular flexibility index (Phi) is 58.5. The average molecular weight is 987 g/mol. The monoisotopic (exact) mass is 986 g/mol. The number of hydrogen-bond donors (Lipinski definition) is 3. The van der Waals surface area contributed by atoms with Crippen LogP contribution in [0.1, 0.15) is 348 Å². The molecule has 1 amide bonds. The Balaban J connectivity index is 3.43. The van der Waals surface area contributed by atoms with Gasteiger partial charge < -0.3 is 20.3 Å². The molecule has 6 nitrogen and oxygen atoms in total. The number of carbonyl (C=O) groups is 2. The molecule has 0 aromatic carbocycles. The van der Waals surface area contributed by atoms with Crippen LogP contribution in [-0.2, 0) is 14.3 Å². The maximum atomic E-state index is 12.5. The Morgan fingerprint density at radius 1 is 0.386 bits per heavy atom. The van der Waals surface area contributed by atoms with Crippen LogP contribution in [0.5, 0.6) is 0 Å². The van der Waals surface area contributed by atoms with E-state index in [0.717, 1.165) is 44.9 Å². The number of hydrogen-bond acceptors (Lipinski definition) is 5. The van der Waals surface area contributed by atoms with Gasteiger partial charge in [-0.05, 0) is 77.0 Å². The third-order valence-electron chi connectivity index (χ3n) is 14.7. The minimum Gasteiger partial charge on any atom is -0.466 e. The summed E-state index contributed by atoms with van der Waals surface area (Å²) in [5.74, 6) is -0.0419. The van der Waals surface area contributed by atoms with Gasteiger partial charge >= 0.3 is 5.97 Å². The van der Waals surface area contributed by atoms with Gasteiger partial charge in [0.25, 0.3) is 0 Å². The van der Waals surface area contributed by atoms with Gasteiger partial charge in [-0.25, -0.2) is 0 Å². The van der Waals surface area contributed by atoms with Crippen molar-refractivity contribution in [2.75, 3.05) is 13.2 Å². The van der Waals surface area contributed by atoms with Gasteiger partial charge in [0, 0.05) is 12.8 Å². The number of aliphatic hydroxyl groups excluding tert-OH is 2. The molecule has 0 bridgehead atoms. The van der Waals surface area contributed by atoms with Gasteiger partial charge in [-0.1, -0.05) is 282 Å². The fraction of sp³-hybridized carbons (Fsp3) is 0.906. The number of allylic oxidation sites excluding steroid dienone is 4. The second kappa shape index (κ2) is 59.9. The first-order valence-electron chi connectivity index (χ1n) is 31.6. The van der Waals surface area contributed by atoms with Crippen molar-refractivity contribution in [3.05, 3.63) is 24.3 Å². The van der Waals surface area contributed by atoms with E-state index in [1.165, 1.54) is 270 Å². The van der Waals surface area contributed by atoms with E-state index >= 15 is 0 Å². The molecular weight excluding hydrogens is 863 g/mol. The molecule has 414 valence electrons. The molecule has 0 saturated carbocycles. The second-order valence-electron chi connectivity index (χ2n) is 21.7. The standard InChI is InChI=1S/C64H123NO5/c1-3-5-7-9-11-13-15-17-19-25-28-32-36-40-44-48-52-56-62(67)61(60-66)65-63(68)57-53-49-45-41-37-33-29-26-23-21-22-24-27-31-35-39-43-47-51-55-59-70-64(69)58-54-50-46-42-38-34-30-20-18-16-14-12-10-8-6-4-2/h20-21,23,30,61-62,66-67H,3-19,22,24-29,31-60H2,1-2H3,(H,65,68)/b23-21-,30-20-. The lowest BCUT2D eigenvalue weighted by atomic mass is 10.0. The highest BCUT2D eigenvalue weighted by Crippen LogP contribution is 2.17. The molecule has 0 aliphatic carbocycles. The Bertz CT molecular complexity index is 1090. The van der Waals surface area contributed by atoms with Gasteiger partial charge in [0.1, 0.15) is 0 Å². The molecule has 3 N–H and O–H groups in total. The zero-order valence-electron chi connectivity index (χ0n) is 47.3. The normalized spacial score (nSPS) is 12.7. The molecule has 2 atom stereocenters. The highest BCUT2D eigenvalue weighted by molar-refractivity contribution is 5.76. The summed E-state index contributed by atoms with van der Waals surface area (Å²) in [4.78, 5) is 24.6. The van der Waals surface area contributed by atoms with Gasteiger partial charge in [0.05, 0.1) is 25.4 Å². The Morgan fingerprint density at radius 2 is 0.671 bits per heavy atom. The summed E-state index contributed by atoms with van der Waals surface area (Å²) in [6.07, 6.45) is 73.3.